The van der Waals surface area contributed by atoms with Gasteiger partial charge in [-0.05, 0) is 45.7 Å². The number of guanidine groups is 1. The van der Waals surface area contributed by atoms with Gasteiger partial charge in [-0.15, -0.1) is 0 Å². The molecule has 4 nitrogen and oxygen atoms in total. The zero-order chi connectivity index (χ0) is 15.0. The fourth-order valence-corrected chi connectivity index (χ4v) is 3.30. The van der Waals surface area contributed by atoms with Crippen LogP contribution in [0.2, 0.25) is 0 Å². The number of rotatable bonds is 8. The van der Waals surface area contributed by atoms with Crippen molar-refractivity contribution in [2.45, 2.75) is 59.4 Å². The third-order valence-electron chi connectivity index (χ3n) is 4.73. The molecule has 1 heterocycles. The van der Waals surface area contributed by atoms with Gasteiger partial charge in [-0.3, -0.25) is 9.89 Å². The Morgan fingerprint density at radius 1 is 1.10 bits per heavy atom. The molecule has 0 aliphatic carbocycles. The minimum Gasteiger partial charge on any atom is -0.370 e. The average molecular weight is 282 g/mol. The Balaban J connectivity index is 2.70. The normalized spacial score (nSPS) is 18.8. The molecule has 0 aromatic carbocycles. The molecular formula is C16H34N4. The molecule has 1 aliphatic heterocycles. The van der Waals surface area contributed by atoms with E-state index in [1.165, 1.54) is 38.8 Å². The molecule has 0 bridgehead atoms. The van der Waals surface area contributed by atoms with Crippen molar-refractivity contribution in [2.75, 3.05) is 32.7 Å². The molecule has 1 fully saturated rings. The van der Waals surface area contributed by atoms with Crippen molar-refractivity contribution in [3.05, 3.63) is 0 Å². The first-order valence-electron chi connectivity index (χ1n) is 8.46. The monoisotopic (exact) mass is 282 g/mol. The van der Waals surface area contributed by atoms with Crippen LogP contribution >= 0.6 is 0 Å². The Kier molecular flexibility index (Phi) is 7.97. The molecule has 0 aromatic heterocycles. The molecule has 1 atom stereocenters. The minimum atomic E-state index is 0.571. The number of aliphatic imine (C=N–C) groups is 1. The first-order chi connectivity index (χ1) is 9.67. The van der Waals surface area contributed by atoms with E-state index in [1.54, 1.807) is 0 Å². The van der Waals surface area contributed by atoms with Gasteiger partial charge in [0.25, 0.3) is 0 Å². The molecule has 0 amide bonds. The van der Waals surface area contributed by atoms with Crippen molar-refractivity contribution in [3.63, 3.8) is 0 Å². The van der Waals surface area contributed by atoms with E-state index in [1.807, 2.05) is 0 Å². The van der Waals surface area contributed by atoms with Crippen molar-refractivity contribution in [1.29, 1.82) is 0 Å². The van der Waals surface area contributed by atoms with Crippen molar-refractivity contribution in [1.82, 2.24) is 9.80 Å². The summed E-state index contributed by atoms with van der Waals surface area (Å²) in [4.78, 5) is 9.48. The summed E-state index contributed by atoms with van der Waals surface area (Å²) in [6.45, 7) is 14.1. The van der Waals surface area contributed by atoms with Crippen LogP contribution in [-0.4, -0.2) is 54.5 Å². The van der Waals surface area contributed by atoms with Gasteiger partial charge in [0.1, 0.15) is 0 Å². The largest absolute Gasteiger partial charge is 0.370 e. The lowest BCUT2D eigenvalue weighted by Gasteiger charge is -2.33. The molecule has 4 heteroatoms. The molecule has 1 saturated heterocycles. The molecule has 20 heavy (non-hydrogen) atoms. The second-order valence-corrected chi connectivity index (χ2v) is 5.76. The summed E-state index contributed by atoms with van der Waals surface area (Å²) >= 11 is 0. The van der Waals surface area contributed by atoms with E-state index < -0.39 is 0 Å². The Morgan fingerprint density at radius 3 is 2.10 bits per heavy atom. The summed E-state index contributed by atoms with van der Waals surface area (Å²) in [7, 11) is 0. The van der Waals surface area contributed by atoms with E-state index in [-0.39, 0.29) is 0 Å². The van der Waals surface area contributed by atoms with Crippen molar-refractivity contribution in [2.24, 2.45) is 16.6 Å². The van der Waals surface area contributed by atoms with Crippen LogP contribution in [0.4, 0.5) is 0 Å². The van der Waals surface area contributed by atoms with Gasteiger partial charge in [-0.1, -0.05) is 26.7 Å². The van der Waals surface area contributed by atoms with Gasteiger partial charge in [0.15, 0.2) is 5.96 Å². The number of likely N-dealkylation sites (tertiary alicyclic amines) is 1. The van der Waals surface area contributed by atoms with Crippen LogP contribution in [0.3, 0.4) is 0 Å². The second kappa shape index (κ2) is 9.22. The summed E-state index contributed by atoms with van der Waals surface area (Å²) in [5.74, 6) is 1.45. The highest BCUT2D eigenvalue weighted by atomic mass is 15.3. The molecule has 1 aliphatic rings. The molecule has 0 spiro atoms. The molecule has 2 N–H and O–H groups in total. The van der Waals surface area contributed by atoms with Crippen LogP contribution < -0.4 is 5.73 Å². The summed E-state index contributed by atoms with van der Waals surface area (Å²) < 4.78 is 0. The predicted octanol–water partition coefficient (Wildman–Crippen LogP) is 2.54. The zero-order valence-electron chi connectivity index (χ0n) is 13.9. The number of hydrogen-bond acceptors (Lipinski definition) is 2. The van der Waals surface area contributed by atoms with Gasteiger partial charge >= 0.3 is 0 Å². The number of hydrogen-bond donors (Lipinski definition) is 1. The van der Waals surface area contributed by atoms with Crippen molar-refractivity contribution >= 4 is 5.96 Å². The van der Waals surface area contributed by atoms with E-state index in [0.29, 0.717) is 12.0 Å². The van der Waals surface area contributed by atoms with Crippen LogP contribution in [0.1, 0.15) is 53.4 Å². The van der Waals surface area contributed by atoms with Crippen molar-refractivity contribution < 1.29 is 0 Å². The summed E-state index contributed by atoms with van der Waals surface area (Å²) in [6, 6.07) is 0.571. The van der Waals surface area contributed by atoms with Crippen LogP contribution in [0.5, 0.6) is 0 Å². The topological polar surface area (TPSA) is 44.9 Å². The smallest absolute Gasteiger partial charge is 0.191 e. The summed E-state index contributed by atoms with van der Waals surface area (Å²) in [6.07, 6.45) is 5.15. The van der Waals surface area contributed by atoms with E-state index in [4.69, 9.17) is 10.7 Å². The fourth-order valence-electron chi connectivity index (χ4n) is 3.30. The quantitative estimate of drug-likeness (QED) is 0.550. The lowest BCUT2D eigenvalue weighted by molar-refractivity contribution is 0.171. The molecule has 118 valence electrons. The van der Waals surface area contributed by atoms with Gasteiger partial charge in [-0.2, -0.15) is 0 Å². The van der Waals surface area contributed by atoms with E-state index in [0.717, 1.165) is 25.6 Å². The first kappa shape index (κ1) is 17.3. The zero-order valence-corrected chi connectivity index (χ0v) is 13.9. The Labute approximate surface area is 125 Å². The van der Waals surface area contributed by atoms with Crippen LogP contribution in [0.25, 0.3) is 0 Å². The van der Waals surface area contributed by atoms with E-state index in [2.05, 4.69) is 37.5 Å². The second-order valence-electron chi connectivity index (χ2n) is 5.76. The van der Waals surface area contributed by atoms with Gasteiger partial charge in [0, 0.05) is 19.1 Å². The predicted molar refractivity (Wildman–Crippen MR) is 88.1 cm³/mol. The molecule has 1 unspecified atom stereocenters. The molecular weight excluding hydrogens is 248 g/mol. The van der Waals surface area contributed by atoms with Gasteiger partial charge in [-0.25, -0.2) is 0 Å². The lowest BCUT2D eigenvalue weighted by atomic mass is 9.93. The standard InChI is InChI=1S/C16H34N4/c1-5-14(6-2)15(20-11-9-10-12-20)13-18-16(17)19(7-3)8-4/h14-15H,5-13H2,1-4H3,(H2,17,18). The molecule has 0 aromatic rings. The maximum absolute atomic E-state index is 6.13. The SMILES string of the molecule is CCC(CC)C(CN=C(N)N(CC)CC)N1CCCC1. The third kappa shape index (κ3) is 4.65. The summed E-state index contributed by atoms with van der Waals surface area (Å²) in [5, 5.41) is 0. The Hall–Kier alpha value is -0.770. The lowest BCUT2D eigenvalue weighted by Crippen LogP contribution is -2.43. The Bertz CT molecular complexity index is 274. The highest BCUT2D eigenvalue weighted by molar-refractivity contribution is 5.78. The van der Waals surface area contributed by atoms with Crippen LogP contribution in [0.15, 0.2) is 4.99 Å². The van der Waals surface area contributed by atoms with E-state index >= 15 is 0 Å². The van der Waals surface area contributed by atoms with Gasteiger partial charge in [0.2, 0.25) is 0 Å². The highest BCUT2D eigenvalue weighted by Gasteiger charge is 2.27. The molecule has 0 saturated carbocycles. The summed E-state index contributed by atoms with van der Waals surface area (Å²) in [5.41, 5.74) is 6.13. The molecule has 0 radical (unpaired) electrons. The average Bonchev–Trinajstić information content (AvgIpc) is 2.98. The maximum Gasteiger partial charge on any atom is 0.191 e. The number of nitrogens with zero attached hydrogens (tertiary/aromatic N) is 3. The van der Waals surface area contributed by atoms with E-state index in [9.17, 15) is 0 Å². The number of nitrogens with two attached hydrogens (primary N) is 1. The molecule has 1 rings (SSSR count). The van der Waals surface area contributed by atoms with Gasteiger partial charge in [0.05, 0.1) is 6.54 Å². The van der Waals surface area contributed by atoms with Crippen LogP contribution in [0, 0.1) is 5.92 Å². The van der Waals surface area contributed by atoms with Gasteiger partial charge < -0.3 is 10.6 Å². The third-order valence-corrected chi connectivity index (χ3v) is 4.73. The minimum absolute atomic E-state index is 0.571. The highest BCUT2D eigenvalue weighted by Crippen LogP contribution is 2.23. The Morgan fingerprint density at radius 2 is 1.65 bits per heavy atom. The van der Waals surface area contributed by atoms with Crippen molar-refractivity contribution in [3.8, 4) is 0 Å². The maximum atomic E-state index is 6.13. The van der Waals surface area contributed by atoms with Crippen LogP contribution in [-0.2, 0) is 0 Å². The fraction of sp³-hybridized carbons (Fsp3) is 0.938. The first-order valence-corrected chi connectivity index (χ1v) is 8.46.